The van der Waals surface area contributed by atoms with Crippen LogP contribution in [0.4, 0.5) is 5.69 Å². The minimum Gasteiger partial charge on any atom is -0.481 e. The number of benzene rings is 1. The molecule has 7 heteroatoms. The highest BCUT2D eigenvalue weighted by Crippen LogP contribution is 2.49. The molecule has 0 spiro atoms. The highest BCUT2D eigenvalue weighted by Gasteiger charge is 2.44. The number of nitrogens with zero attached hydrogens (tertiary/aromatic N) is 1. The lowest BCUT2D eigenvalue weighted by Gasteiger charge is -2.07. The molecule has 0 amide bonds. The molecule has 0 saturated heterocycles. The molecule has 0 heterocycles. The molecule has 102 valence electrons. The van der Waals surface area contributed by atoms with E-state index in [0.29, 0.717) is 12.0 Å². The molecule has 1 aliphatic carbocycles. The number of methoxy groups -OCH3 is 1. The van der Waals surface area contributed by atoms with Crippen LogP contribution in [0, 0.1) is 16.0 Å². The first kappa shape index (κ1) is 13.3. The van der Waals surface area contributed by atoms with Crippen LogP contribution in [0.2, 0.25) is 0 Å². The monoisotopic (exact) mass is 267 g/mol. The van der Waals surface area contributed by atoms with Crippen LogP contribution in [0.3, 0.4) is 0 Å². The summed E-state index contributed by atoms with van der Waals surface area (Å²) in [6, 6.07) is 4.51. The number of nitro benzene ring substituents is 1. The summed E-state index contributed by atoms with van der Waals surface area (Å²) < 4.78 is 9.79. The quantitative estimate of drug-likeness (QED) is 0.479. The maximum atomic E-state index is 11.0. The van der Waals surface area contributed by atoms with Crippen molar-refractivity contribution in [2.75, 3.05) is 13.9 Å². The van der Waals surface area contributed by atoms with Crippen LogP contribution in [0.15, 0.2) is 18.2 Å². The average Bonchev–Trinajstić information content (AvgIpc) is 3.16. The molecular weight excluding hydrogens is 254 g/mol. The Morgan fingerprint density at radius 2 is 2.32 bits per heavy atom. The van der Waals surface area contributed by atoms with Crippen molar-refractivity contribution >= 4 is 11.7 Å². The lowest BCUT2D eigenvalue weighted by atomic mass is 10.1. The van der Waals surface area contributed by atoms with Crippen LogP contribution in [-0.4, -0.2) is 29.9 Å². The van der Waals surface area contributed by atoms with Gasteiger partial charge in [0.1, 0.15) is 0 Å². The van der Waals surface area contributed by atoms with Crippen molar-refractivity contribution in [3.63, 3.8) is 0 Å². The highest BCUT2D eigenvalue weighted by molar-refractivity contribution is 5.75. The lowest BCUT2D eigenvalue weighted by Crippen LogP contribution is -2.03. The fraction of sp³-hybridized carbons (Fsp3) is 0.417. The fourth-order valence-electron chi connectivity index (χ4n) is 1.99. The molecule has 2 rings (SSSR count). The highest BCUT2D eigenvalue weighted by atomic mass is 16.7. The normalized spacial score (nSPS) is 20.9. The Morgan fingerprint density at radius 3 is 2.84 bits per heavy atom. The predicted octanol–water partition coefficient (Wildman–Crippen LogP) is 1.77. The van der Waals surface area contributed by atoms with Gasteiger partial charge in [0.05, 0.1) is 10.8 Å². The van der Waals surface area contributed by atoms with E-state index in [4.69, 9.17) is 14.6 Å². The van der Waals surface area contributed by atoms with E-state index in [1.54, 1.807) is 6.07 Å². The summed E-state index contributed by atoms with van der Waals surface area (Å²) in [6.45, 7) is -0.0820. The number of ether oxygens (including phenoxy) is 2. The molecule has 19 heavy (non-hydrogen) atoms. The van der Waals surface area contributed by atoms with Crippen molar-refractivity contribution < 1.29 is 24.3 Å². The van der Waals surface area contributed by atoms with E-state index in [-0.39, 0.29) is 24.1 Å². The van der Waals surface area contributed by atoms with Gasteiger partial charge in [-0.3, -0.25) is 14.9 Å². The standard InChI is InChI=1S/C12H13NO6/c1-18-6-19-11-3-2-7(4-10(11)13(16)17)8-5-9(8)12(14)15/h2-4,8-9H,5-6H2,1H3,(H,14,15). The Labute approximate surface area is 108 Å². The first-order valence-electron chi connectivity index (χ1n) is 5.67. The molecule has 0 bridgehead atoms. The molecule has 2 atom stereocenters. The molecular formula is C12H13NO6. The zero-order valence-electron chi connectivity index (χ0n) is 10.2. The Bertz CT molecular complexity index is 515. The number of carboxylic acid groups (broad SMARTS) is 1. The second-order valence-corrected chi connectivity index (χ2v) is 4.32. The van der Waals surface area contributed by atoms with Gasteiger partial charge in [-0.15, -0.1) is 0 Å². The van der Waals surface area contributed by atoms with Crippen molar-refractivity contribution in [1.29, 1.82) is 0 Å². The van der Waals surface area contributed by atoms with Crippen molar-refractivity contribution in [3.8, 4) is 5.75 Å². The third kappa shape index (κ3) is 2.82. The van der Waals surface area contributed by atoms with Crippen LogP contribution < -0.4 is 4.74 Å². The van der Waals surface area contributed by atoms with Crippen LogP contribution in [-0.2, 0) is 9.53 Å². The minimum atomic E-state index is -0.868. The van der Waals surface area contributed by atoms with E-state index < -0.39 is 16.8 Å². The molecule has 0 aromatic heterocycles. The first-order valence-corrected chi connectivity index (χ1v) is 5.67. The maximum Gasteiger partial charge on any atom is 0.311 e. The molecule has 7 nitrogen and oxygen atoms in total. The van der Waals surface area contributed by atoms with Gasteiger partial charge in [0.2, 0.25) is 0 Å². The van der Waals surface area contributed by atoms with Gasteiger partial charge in [-0.2, -0.15) is 0 Å². The number of rotatable bonds is 6. The smallest absolute Gasteiger partial charge is 0.311 e. The second kappa shape index (κ2) is 5.23. The fourth-order valence-corrected chi connectivity index (χ4v) is 1.99. The van der Waals surface area contributed by atoms with E-state index >= 15 is 0 Å². The number of carboxylic acids is 1. The minimum absolute atomic E-state index is 0.0820. The van der Waals surface area contributed by atoms with Crippen LogP contribution in [0.25, 0.3) is 0 Å². The topological polar surface area (TPSA) is 98.9 Å². The molecule has 1 N–H and O–H groups in total. The largest absolute Gasteiger partial charge is 0.481 e. The first-order chi connectivity index (χ1) is 9.04. The third-order valence-electron chi connectivity index (χ3n) is 3.05. The number of hydrogen-bond acceptors (Lipinski definition) is 5. The van der Waals surface area contributed by atoms with Gasteiger partial charge in [0.15, 0.2) is 12.5 Å². The van der Waals surface area contributed by atoms with Gasteiger partial charge in [-0.25, -0.2) is 0 Å². The van der Waals surface area contributed by atoms with Crippen molar-refractivity contribution in [2.45, 2.75) is 12.3 Å². The lowest BCUT2D eigenvalue weighted by molar-refractivity contribution is -0.386. The number of hydrogen-bond donors (Lipinski definition) is 1. The van der Waals surface area contributed by atoms with Crippen molar-refractivity contribution in [2.24, 2.45) is 5.92 Å². The van der Waals surface area contributed by atoms with Crippen LogP contribution in [0.5, 0.6) is 5.75 Å². The van der Waals surface area contributed by atoms with Crippen LogP contribution >= 0.6 is 0 Å². The Hall–Kier alpha value is -2.15. The summed E-state index contributed by atoms with van der Waals surface area (Å²) in [7, 11) is 1.42. The third-order valence-corrected chi connectivity index (χ3v) is 3.05. The van der Waals surface area contributed by atoms with E-state index in [1.807, 2.05) is 0 Å². The molecule has 0 radical (unpaired) electrons. The van der Waals surface area contributed by atoms with Gasteiger partial charge in [-0.05, 0) is 24.0 Å². The van der Waals surface area contributed by atoms with Gasteiger partial charge in [-0.1, -0.05) is 6.07 Å². The Kier molecular flexibility index (Phi) is 3.66. The molecule has 1 aliphatic rings. The summed E-state index contributed by atoms with van der Waals surface area (Å²) in [5.41, 5.74) is 0.481. The molecule has 1 aromatic carbocycles. The average molecular weight is 267 g/mol. The summed E-state index contributed by atoms with van der Waals surface area (Å²) in [4.78, 5) is 21.2. The summed E-state index contributed by atoms with van der Waals surface area (Å²) >= 11 is 0. The zero-order chi connectivity index (χ0) is 14.0. The number of aliphatic carboxylic acids is 1. The summed E-state index contributed by atoms with van der Waals surface area (Å²) in [6.07, 6.45) is 0.519. The van der Waals surface area contributed by atoms with Crippen LogP contribution in [0.1, 0.15) is 17.9 Å². The Morgan fingerprint density at radius 1 is 1.58 bits per heavy atom. The summed E-state index contributed by atoms with van der Waals surface area (Å²) in [5.74, 6) is -1.34. The second-order valence-electron chi connectivity index (χ2n) is 4.32. The number of nitro groups is 1. The molecule has 1 fully saturated rings. The molecule has 2 unspecified atom stereocenters. The number of carbonyl (C=O) groups is 1. The van der Waals surface area contributed by atoms with Gasteiger partial charge in [0, 0.05) is 13.2 Å². The molecule has 1 saturated carbocycles. The van der Waals surface area contributed by atoms with E-state index in [9.17, 15) is 14.9 Å². The van der Waals surface area contributed by atoms with Crippen molar-refractivity contribution in [1.82, 2.24) is 0 Å². The van der Waals surface area contributed by atoms with Crippen molar-refractivity contribution in [3.05, 3.63) is 33.9 Å². The molecule has 0 aliphatic heterocycles. The van der Waals surface area contributed by atoms with E-state index in [0.717, 1.165) is 0 Å². The van der Waals surface area contributed by atoms with E-state index in [2.05, 4.69) is 0 Å². The zero-order valence-corrected chi connectivity index (χ0v) is 10.2. The SMILES string of the molecule is COCOc1ccc(C2CC2C(=O)O)cc1[N+](=O)[O-]. The Balaban J connectivity index is 2.22. The maximum absolute atomic E-state index is 11.0. The predicted molar refractivity (Wildman–Crippen MR) is 64.1 cm³/mol. The van der Waals surface area contributed by atoms with Gasteiger partial charge >= 0.3 is 11.7 Å². The van der Waals surface area contributed by atoms with Gasteiger partial charge in [0.25, 0.3) is 0 Å². The molecule has 1 aromatic rings. The summed E-state index contributed by atoms with van der Waals surface area (Å²) in [5, 5.41) is 19.8. The van der Waals surface area contributed by atoms with E-state index in [1.165, 1.54) is 19.2 Å². The van der Waals surface area contributed by atoms with Gasteiger partial charge < -0.3 is 14.6 Å².